The van der Waals surface area contributed by atoms with Crippen LogP contribution in [0.1, 0.15) is 57.4 Å². The zero-order valence-corrected chi connectivity index (χ0v) is 24.7. The van der Waals surface area contributed by atoms with Crippen molar-refractivity contribution in [2.24, 2.45) is 9.98 Å². The van der Waals surface area contributed by atoms with Gasteiger partial charge in [-0.2, -0.15) is 11.8 Å². The molecule has 2 aromatic rings. The van der Waals surface area contributed by atoms with E-state index in [1.807, 2.05) is 0 Å². The Balaban J connectivity index is 1.25. The van der Waals surface area contributed by atoms with Crippen molar-refractivity contribution in [3.63, 3.8) is 0 Å². The third kappa shape index (κ3) is 5.39. The van der Waals surface area contributed by atoms with Crippen molar-refractivity contribution in [1.29, 1.82) is 0 Å². The molecule has 0 bridgehead atoms. The zero-order valence-electron chi connectivity index (χ0n) is 23.8. The van der Waals surface area contributed by atoms with Crippen molar-refractivity contribution in [2.45, 2.75) is 63.8 Å². The fraction of sp³-hybridized carbons (Fsp3) is 0.576. The van der Waals surface area contributed by atoms with Crippen LogP contribution in [0, 0.1) is 0 Å². The van der Waals surface area contributed by atoms with Gasteiger partial charge in [-0.25, -0.2) is 0 Å². The molecule has 208 valence electrons. The van der Waals surface area contributed by atoms with E-state index in [1.54, 1.807) is 0 Å². The largest absolute Gasteiger partial charge is 0.365 e. The number of benzene rings is 2. The number of rotatable bonds is 8. The van der Waals surface area contributed by atoms with Gasteiger partial charge in [0.25, 0.3) is 0 Å². The third-order valence-electron chi connectivity index (χ3n) is 9.66. The van der Waals surface area contributed by atoms with E-state index in [0.717, 1.165) is 51.3 Å². The Kier molecular flexibility index (Phi) is 8.31. The molecular formula is C33H45N5S. The highest BCUT2D eigenvalue weighted by Crippen LogP contribution is 2.42. The van der Waals surface area contributed by atoms with E-state index in [4.69, 9.17) is 4.99 Å². The number of fused-ring (bicyclic) bond motifs is 2. The molecule has 6 heteroatoms. The number of aryl methyl sites for hydroxylation is 1. The summed E-state index contributed by atoms with van der Waals surface area (Å²) in [6.45, 7) is 13.8. The van der Waals surface area contributed by atoms with Crippen LogP contribution >= 0.6 is 11.8 Å². The summed E-state index contributed by atoms with van der Waals surface area (Å²) >= 11 is 2.06. The van der Waals surface area contributed by atoms with Crippen LogP contribution in [0.15, 0.2) is 57.7 Å². The first kappa shape index (κ1) is 26.9. The van der Waals surface area contributed by atoms with Gasteiger partial charge in [0.05, 0.1) is 12.2 Å². The molecule has 0 spiro atoms. The first-order valence-electron chi connectivity index (χ1n) is 15.3. The molecule has 5 nitrogen and oxygen atoms in total. The highest BCUT2D eigenvalue weighted by molar-refractivity contribution is 7.99. The van der Waals surface area contributed by atoms with Crippen LogP contribution < -0.4 is 4.90 Å². The normalized spacial score (nSPS) is 22.1. The molecule has 3 saturated heterocycles. The molecule has 6 rings (SSSR count). The van der Waals surface area contributed by atoms with Crippen LogP contribution in [0.2, 0.25) is 0 Å². The molecule has 0 aliphatic carbocycles. The fourth-order valence-electron chi connectivity index (χ4n) is 7.68. The molecule has 0 atom stereocenters. The smallest absolute Gasteiger partial charge is 0.128 e. The predicted octanol–water partition coefficient (Wildman–Crippen LogP) is 6.42. The van der Waals surface area contributed by atoms with Crippen molar-refractivity contribution >= 4 is 40.8 Å². The van der Waals surface area contributed by atoms with E-state index in [9.17, 15) is 0 Å². The lowest BCUT2D eigenvalue weighted by Gasteiger charge is -2.36. The van der Waals surface area contributed by atoms with Gasteiger partial charge in [-0.1, -0.05) is 37.3 Å². The quantitative estimate of drug-likeness (QED) is 0.219. The molecule has 0 aromatic heterocycles. The molecular weight excluding hydrogens is 498 g/mol. The van der Waals surface area contributed by atoms with Gasteiger partial charge >= 0.3 is 0 Å². The molecule has 0 unspecified atom stereocenters. The van der Waals surface area contributed by atoms with Gasteiger partial charge in [-0.3, -0.25) is 14.9 Å². The lowest BCUT2D eigenvalue weighted by Crippen LogP contribution is -2.42. The highest BCUT2D eigenvalue weighted by atomic mass is 32.2. The first-order valence-corrected chi connectivity index (χ1v) is 16.4. The Morgan fingerprint density at radius 3 is 2.51 bits per heavy atom. The second kappa shape index (κ2) is 12.1. The van der Waals surface area contributed by atoms with Crippen LogP contribution in [-0.4, -0.2) is 85.2 Å². The Bertz CT molecular complexity index is 1230. The summed E-state index contributed by atoms with van der Waals surface area (Å²) in [4.78, 5) is 17.9. The number of anilines is 1. The summed E-state index contributed by atoms with van der Waals surface area (Å²) in [5.41, 5.74) is 5.69. The number of aliphatic imine (C=N–C) groups is 2. The van der Waals surface area contributed by atoms with E-state index < -0.39 is 0 Å². The maximum Gasteiger partial charge on any atom is 0.128 e. The van der Waals surface area contributed by atoms with Crippen molar-refractivity contribution in [1.82, 2.24) is 9.80 Å². The van der Waals surface area contributed by atoms with Crippen molar-refractivity contribution in [3.05, 3.63) is 53.2 Å². The van der Waals surface area contributed by atoms with Crippen molar-refractivity contribution in [2.75, 3.05) is 62.2 Å². The minimum Gasteiger partial charge on any atom is -0.365 e. The summed E-state index contributed by atoms with van der Waals surface area (Å²) in [5, 5.41) is 2.72. The number of hydrogen-bond acceptors (Lipinski definition) is 5. The predicted molar refractivity (Wildman–Crippen MR) is 170 cm³/mol. The monoisotopic (exact) mass is 543 g/mol. The first-order chi connectivity index (χ1) is 19.2. The average molecular weight is 544 g/mol. The van der Waals surface area contributed by atoms with E-state index in [-0.39, 0.29) is 0 Å². The van der Waals surface area contributed by atoms with Crippen LogP contribution in [0.25, 0.3) is 10.8 Å². The highest BCUT2D eigenvalue weighted by Gasteiger charge is 2.43. The SMILES string of the molecule is C=NC1=C(C(=NCCCC23CCCN2CCC3)N2CCSCC2)CCN(c2cccc3cccc(CC)c23)C1. The molecule has 0 N–H and O–H groups in total. The van der Waals surface area contributed by atoms with Crippen molar-refractivity contribution in [3.8, 4) is 0 Å². The van der Waals surface area contributed by atoms with E-state index in [1.165, 1.54) is 96.6 Å². The van der Waals surface area contributed by atoms with Gasteiger partial charge in [0, 0.05) is 59.9 Å². The minimum atomic E-state index is 0.492. The molecule has 2 aromatic carbocycles. The second-order valence-corrected chi connectivity index (χ2v) is 13.0. The summed E-state index contributed by atoms with van der Waals surface area (Å²) < 4.78 is 0. The Morgan fingerprint density at radius 1 is 1.00 bits per heavy atom. The summed E-state index contributed by atoms with van der Waals surface area (Å²) in [5.74, 6) is 3.59. The lowest BCUT2D eigenvalue weighted by molar-refractivity contribution is 0.180. The van der Waals surface area contributed by atoms with Crippen molar-refractivity contribution < 1.29 is 0 Å². The number of hydrogen-bond donors (Lipinski definition) is 0. The maximum absolute atomic E-state index is 5.37. The molecule has 3 fully saturated rings. The van der Waals surface area contributed by atoms with Gasteiger partial charge < -0.3 is 9.80 Å². The topological polar surface area (TPSA) is 34.4 Å². The number of nitrogens with zero attached hydrogens (tertiary/aromatic N) is 5. The molecule has 4 aliphatic rings. The van der Waals surface area contributed by atoms with Gasteiger partial charge in [0.1, 0.15) is 5.84 Å². The third-order valence-corrected chi connectivity index (χ3v) is 10.6. The van der Waals surface area contributed by atoms with Gasteiger partial charge in [-0.15, -0.1) is 0 Å². The molecule has 39 heavy (non-hydrogen) atoms. The summed E-state index contributed by atoms with van der Waals surface area (Å²) in [7, 11) is 0. The Hall–Kier alpha value is -2.31. The Labute approximate surface area is 239 Å². The van der Waals surface area contributed by atoms with Gasteiger partial charge in [-0.05, 0) is 88.2 Å². The van der Waals surface area contributed by atoms with E-state index >= 15 is 0 Å². The van der Waals surface area contributed by atoms with Gasteiger partial charge in [0.15, 0.2) is 0 Å². The van der Waals surface area contributed by atoms with E-state index in [2.05, 4.69) is 81.5 Å². The van der Waals surface area contributed by atoms with Crippen LogP contribution in [0.4, 0.5) is 5.69 Å². The molecule has 4 aliphatic heterocycles. The van der Waals surface area contributed by atoms with Crippen LogP contribution in [0.5, 0.6) is 0 Å². The van der Waals surface area contributed by atoms with E-state index in [0.29, 0.717) is 5.54 Å². The zero-order chi connectivity index (χ0) is 26.7. The number of amidine groups is 1. The molecule has 0 amide bonds. The summed E-state index contributed by atoms with van der Waals surface area (Å²) in [6.07, 6.45) is 10.1. The molecule has 4 heterocycles. The minimum absolute atomic E-state index is 0.492. The maximum atomic E-state index is 5.37. The summed E-state index contributed by atoms with van der Waals surface area (Å²) in [6, 6.07) is 13.4. The van der Waals surface area contributed by atoms with Gasteiger partial charge in [0.2, 0.25) is 0 Å². The lowest BCUT2D eigenvalue weighted by atomic mass is 9.89. The number of thioether (sulfide) groups is 1. The molecule has 0 radical (unpaired) electrons. The second-order valence-electron chi connectivity index (χ2n) is 11.7. The Morgan fingerprint density at radius 2 is 1.77 bits per heavy atom. The standard InChI is InChI=1S/C33H45N5S/c1-3-26-9-4-10-27-11-5-12-30(31(26)27)37-20-13-28(29(25-37)34-2)32(36-21-23-39-24-22-36)35-17-6-14-33-15-7-18-38(33)19-8-16-33/h4-5,9-12H,2-3,6-8,13-25H2,1H3. The van der Waals surface area contributed by atoms with Crippen LogP contribution in [-0.2, 0) is 6.42 Å². The fourth-order valence-corrected chi connectivity index (χ4v) is 8.58. The van der Waals surface area contributed by atoms with Crippen LogP contribution in [0.3, 0.4) is 0 Å². The molecule has 0 saturated carbocycles. The average Bonchev–Trinajstić information content (AvgIpc) is 3.57.